The first-order valence-corrected chi connectivity index (χ1v) is 6.38. The van der Waals surface area contributed by atoms with E-state index in [9.17, 15) is 5.11 Å². The van der Waals surface area contributed by atoms with Crippen LogP contribution in [0.15, 0.2) is 23.1 Å². The van der Waals surface area contributed by atoms with Crippen LogP contribution in [0.25, 0.3) is 0 Å². The van der Waals surface area contributed by atoms with Crippen LogP contribution in [0.1, 0.15) is 19.4 Å². The zero-order valence-electron chi connectivity index (χ0n) is 10.4. The fourth-order valence-corrected chi connectivity index (χ4v) is 2.57. The van der Waals surface area contributed by atoms with Gasteiger partial charge in [-0.05, 0) is 36.6 Å². The summed E-state index contributed by atoms with van der Waals surface area (Å²) < 4.78 is 5.22. The quantitative estimate of drug-likeness (QED) is 0.802. The molecule has 0 saturated carbocycles. The van der Waals surface area contributed by atoms with Gasteiger partial charge in [0.05, 0.1) is 13.7 Å². The maximum atomic E-state index is 9.28. The van der Waals surface area contributed by atoms with Gasteiger partial charge in [-0.3, -0.25) is 0 Å². The van der Waals surface area contributed by atoms with Crippen LogP contribution in [-0.4, -0.2) is 24.1 Å². The van der Waals surface area contributed by atoms with Crippen molar-refractivity contribution in [2.45, 2.75) is 30.9 Å². The van der Waals surface area contributed by atoms with Crippen LogP contribution in [0.4, 0.5) is 0 Å². The molecule has 0 amide bonds. The lowest BCUT2D eigenvalue weighted by Gasteiger charge is -2.18. The van der Waals surface area contributed by atoms with E-state index in [1.54, 1.807) is 18.9 Å². The number of methoxy groups -OCH3 is 1. The molecule has 2 nitrogen and oxygen atoms in total. The van der Waals surface area contributed by atoms with Gasteiger partial charge in [0.2, 0.25) is 0 Å². The molecule has 0 fully saturated rings. The third-order valence-electron chi connectivity index (χ3n) is 2.58. The third kappa shape index (κ3) is 3.42. The molecule has 0 aliphatic heterocycles. The Morgan fingerprint density at radius 1 is 1.38 bits per heavy atom. The lowest BCUT2D eigenvalue weighted by atomic mass is 10.1. The van der Waals surface area contributed by atoms with E-state index in [1.165, 1.54) is 4.90 Å². The number of benzene rings is 1. The molecule has 1 aromatic rings. The molecule has 0 saturated heterocycles. The summed E-state index contributed by atoms with van der Waals surface area (Å²) in [6.07, 6.45) is 0. The fraction of sp³-hybridized carbons (Fsp3) is 0.538. The summed E-state index contributed by atoms with van der Waals surface area (Å²) in [6.45, 7) is 6.51. The van der Waals surface area contributed by atoms with E-state index in [0.717, 1.165) is 11.3 Å². The summed E-state index contributed by atoms with van der Waals surface area (Å²) in [7, 11) is 1.68. The lowest BCUT2D eigenvalue weighted by Crippen LogP contribution is -2.15. The van der Waals surface area contributed by atoms with Crippen LogP contribution in [0.3, 0.4) is 0 Å². The highest BCUT2D eigenvalue weighted by Gasteiger charge is 2.14. The molecule has 1 rings (SSSR count). The van der Waals surface area contributed by atoms with E-state index >= 15 is 0 Å². The second-order valence-corrected chi connectivity index (χ2v) is 5.53. The van der Waals surface area contributed by atoms with E-state index in [1.807, 2.05) is 19.1 Å². The van der Waals surface area contributed by atoms with Gasteiger partial charge >= 0.3 is 0 Å². The summed E-state index contributed by atoms with van der Waals surface area (Å²) >= 11 is 1.72. The summed E-state index contributed by atoms with van der Waals surface area (Å²) in [5.41, 5.74) is 1.13. The van der Waals surface area contributed by atoms with Crippen LogP contribution >= 0.6 is 11.8 Å². The van der Waals surface area contributed by atoms with Crippen molar-refractivity contribution in [2.24, 2.45) is 5.92 Å². The molecule has 0 aromatic heterocycles. The topological polar surface area (TPSA) is 29.5 Å². The Bertz CT molecular complexity index is 337. The van der Waals surface area contributed by atoms with Gasteiger partial charge in [0.1, 0.15) is 5.75 Å². The largest absolute Gasteiger partial charge is 0.496 e. The molecule has 0 bridgehead atoms. The Morgan fingerprint density at radius 2 is 2.06 bits per heavy atom. The minimum Gasteiger partial charge on any atom is -0.496 e. The van der Waals surface area contributed by atoms with Crippen molar-refractivity contribution in [2.75, 3.05) is 13.7 Å². The number of hydrogen-bond donors (Lipinski definition) is 1. The molecular formula is C13H20O2S. The van der Waals surface area contributed by atoms with Gasteiger partial charge in [0.25, 0.3) is 0 Å². The van der Waals surface area contributed by atoms with Crippen molar-refractivity contribution < 1.29 is 9.84 Å². The van der Waals surface area contributed by atoms with E-state index in [2.05, 4.69) is 19.9 Å². The minimum absolute atomic E-state index is 0.216. The summed E-state index contributed by atoms with van der Waals surface area (Å²) in [6, 6.07) is 6.13. The van der Waals surface area contributed by atoms with Gasteiger partial charge in [-0.2, -0.15) is 0 Å². The normalized spacial score (nSPS) is 12.9. The van der Waals surface area contributed by atoms with E-state index < -0.39 is 0 Å². The highest BCUT2D eigenvalue weighted by molar-refractivity contribution is 8.00. The van der Waals surface area contributed by atoms with Gasteiger partial charge in [-0.25, -0.2) is 0 Å². The first-order valence-electron chi connectivity index (χ1n) is 5.50. The van der Waals surface area contributed by atoms with Crippen molar-refractivity contribution in [1.29, 1.82) is 0 Å². The van der Waals surface area contributed by atoms with E-state index in [4.69, 9.17) is 4.74 Å². The number of aryl methyl sites for hydroxylation is 1. The SMILES string of the molecule is COc1ccc(SC(CO)C(C)C)cc1C. The Morgan fingerprint density at radius 3 is 2.50 bits per heavy atom. The molecule has 0 heterocycles. The summed E-state index contributed by atoms with van der Waals surface area (Å²) in [5, 5.41) is 9.54. The van der Waals surface area contributed by atoms with Crippen LogP contribution in [0.2, 0.25) is 0 Å². The number of ether oxygens (including phenoxy) is 1. The molecule has 1 N–H and O–H groups in total. The average molecular weight is 240 g/mol. The second kappa shape index (κ2) is 6.16. The average Bonchev–Trinajstić information content (AvgIpc) is 2.25. The molecule has 3 heteroatoms. The standard InChI is InChI=1S/C13H20O2S/c1-9(2)13(8-14)16-11-5-6-12(15-4)10(3)7-11/h5-7,9,13-14H,8H2,1-4H3. The second-order valence-electron chi connectivity index (χ2n) is 4.21. The number of aliphatic hydroxyl groups is 1. The van der Waals surface area contributed by atoms with Crippen LogP contribution in [0, 0.1) is 12.8 Å². The first kappa shape index (κ1) is 13.4. The van der Waals surface area contributed by atoms with Crippen molar-refractivity contribution in [3.8, 4) is 5.75 Å². The van der Waals surface area contributed by atoms with Crippen LogP contribution in [-0.2, 0) is 0 Å². The Hall–Kier alpha value is -0.670. The van der Waals surface area contributed by atoms with Crippen LogP contribution < -0.4 is 4.74 Å². The molecular weight excluding hydrogens is 220 g/mol. The van der Waals surface area contributed by atoms with Crippen LogP contribution in [0.5, 0.6) is 5.75 Å². The van der Waals surface area contributed by atoms with Gasteiger partial charge in [-0.1, -0.05) is 13.8 Å². The Kier molecular flexibility index (Phi) is 5.16. The van der Waals surface area contributed by atoms with Crippen molar-refractivity contribution in [3.63, 3.8) is 0 Å². The fourth-order valence-electron chi connectivity index (χ4n) is 1.48. The highest BCUT2D eigenvalue weighted by Crippen LogP contribution is 2.30. The Balaban J connectivity index is 2.78. The minimum atomic E-state index is 0.216. The molecule has 1 atom stereocenters. The highest BCUT2D eigenvalue weighted by atomic mass is 32.2. The first-order chi connectivity index (χ1) is 7.58. The van der Waals surface area contributed by atoms with Crippen molar-refractivity contribution in [3.05, 3.63) is 23.8 Å². The zero-order chi connectivity index (χ0) is 12.1. The predicted octanol–water partition coefficient (Wildman–Crippen LogP) is 3.11. The smallest absolute Gasteiger partial charge is 0.121 e. The molecule has 1 aromatic carbocycles. The lowest BCUT2D eigenvalue weighted by molar-refractivity contribution is 0.275. The summed E-state index contributed by atoms with van der Waals surface area (Å²) in [4.78, 5) is 1.19. The summed E-state index contributed by atoms with van der Waals surface area (Å²) in [5.74, 6) is 1.38. The maximum Gasteiger partial charge on any atom is 0.121 e. The molecule has 90 valence electrons. The molecule has 0 aliphatic carbocycles. The molecule has 0 aliphatic rings. The van der Waals surface area contributed by atoms with Gasteiger partial charge in [-0.15, -0.1) is 11.8 Å². The third-order valence-corrected chi connectivity index (χ3v) is 4.10. The zero-order valence-corrected chi connectivity index (χ0v) is 11.2. The molecule has 0 spiro atoms. The predicted molar refractivity (Wildman–Crippen MR) is 69.3 cm³/mol. The number of hydrogen-bond acceptors (Lipinski definition) is 3. The van der Waals surface area contributed by atoms with E-state index in [0.29, 0.717) is 5.92 Å². The molecule has 16 heavy (non-hydrogen) atoms. The van der Waals surface area contributed by atoms with Gasteiger partial charge < -0.3 is 9.84 Å². The number of rotatable bonds is 5. The van der Waals surface area contributed by atoms with Crippen molar-refractivity contribution in [1.82, 2.24) is 0 Å². The number of aliphatic hydroxyl groups excluding tert-OH is 1. The van der Waals surface area contributed by atoms with Crippen molar-refractivity contribution >= 4 is 11.8 Å². The monoisotopic (exact) mass is 240 g/mol. The van der Waals surface area contributed by atoms with Gasteiger partial charge in [0.15, 0.2) is 0 Å². The maximum absolute atomic E-state index is 9.28. The van der Waals surface area contributed by atoms with E-state index in [-0.39, 0.29) is 11.9 Å². The Labute approximate surface area is 102 Å². The number of thioether (sulfide) groups is 1. The molecule has 1 unspecified atom stereocenters. The molecule has 0 radical (unpaired) electrons. The van der Waals surface area contributed by atoms with Gasteiger partial charge in [0, 0.05) is 10.1 Å².